The molecule has 1 aromatic carbocycles. The highest BCUT2D eigenvalue weighted by Crippen LogP contribution is 2.27. The number of benzene rings is 1. The molecule has 1 heterocycles. The molecule has 0 saturated heterocycles. The van der Waals surface area contributed by atoms with E-state index in [1.807, 2.05) is 19.1 Å². The Morgan fingerprint density at radius 3 is 2.29 bits per heavy atom. The maximum atomic E-state index is 11.9. The van der Waals surface area contributed by atoms with Crippen LogP contribution in [0.25, 0.3) is 0 Å². The molecule has 6 heteroatoms. The number of hydrogen-bond donors (Lipinski definition) is 1. The van der Waals surface area contributed by atoms with Gasteiger partial charge in [0.1, 0.15) is 4.21 Å². The van der Waals surface area contributed by atoms with E-state index in [4.69, 9.17) is 11.6 Å². The van der Waals surface area contributed by atoms with Crippen LogP contribution in [0.15, 0.2) is 40.6 Å². The first-order valence-corrected chi connectivity index (χ1v) is 7.50. The molecule has 17 heavy (non-hydrogen) atoms. The first-order chi connectivity index (χ1) is 7.97. The van der Waals surface area contributed by atoms with Crippen LogP contribution in [0.4, 0.5) is 5.69 Å². The summed E-state index contributed by atoms with van der Waals surface area (Å²) >= 11 is 6.75. The molecule has 0 spiro atoms. The number of nitrogens with one attached hydrogen (secondary N) is 1. The number of thiophene rings is 1. The topological polar surface area (TPSA) is 46.2 Å². The average molecular weight is 288 g/mol. The van der Waals surface area contributed by atoms with E-state index in [2.05, 4.69) is 4.72 Å². The van der Waals surface area contributed by atoms with Crippen LogP contribution in [0.5, 0.6) is 0 Å². The fourth-order valence-corrected chi connectivity index (χ4v) is 3.81. The Morgan fingerprint density at radius 1 is 1.12 bits per heavy atom. The molecule has 0 aliphatic carbocycles. The van der Waals surface area contributed by atoms with E-state index in [1.165, 1.54) is 6.07 Å². The smallest absolute Gasteiger partial charge is 0.271 e. The van der Waals surface area contributed by atoms with Crippen LogP contribution in [0.1, 0.15) is 5.56 Å². The summed E-state index contributed by atoms with van der Waals surface area (Å²) < 4.78 is 27.0. The molecule has 2 rings (SSSR count). The van der Waals surface area contributed by atoms with Crippen LogP contribution >= 0.6 is 22.9 Å². The Kier molecular flexibility index (Phi) is 3.42. The van der Waals surface area contributed by atoms with Gasteiger partial charge in [-0.05, 0) is 31.2 Å². The number of halogens is 1. The molecule has 1 aromatic heterocycles. The molecule has 3 nitrogen and oxygen atoms in total. The lowest BCUT2D eigenvalue weighted by molar-refractivity contribution is 0.603. The third-order valence-corrected chi connectivity index (χ3v) is 5.22. The zero-order valence-corrected chi connectivity index (χ0v) is 11.4. The molecule has 0 amide bonds. The molecule has 0 saturated carbocycles. The lowest BCUT2D eigenvalue weighted by Gasteiger charge is -2.05. The van der Waals surface area contributed by atoms with Gasteiger partial charge >= 0.3 is 0 Å². The first-order valence-electron chi connectivity index (χ1n) is 4.82. The van der Waals surface area contributed by atoms with Gasteiger partial charge in [-0.1, -0.05) is 29.3 Å². The highest BCUT2D eigenvalue weighted by Gasteiger charge is 2.16. The molecular formula is C11H10ClNO2S2. The maximum Gasteiger partial charge on any atom is 0.271 e. The molecule has 0 unspecified atom stereocenters. The van der Waals surface area contributed by atoms with E-state index in [0.29, 0.717) is 10.0 Å². The molecule has 2 aromatic rings. The summed E-state index contributed by atoms with van der Waals surface area (Å²) in [5.41, 5.74) is 1.62. The Balaban J connectivity index is 2.26. The summed E-state index contributed by atoms with van der Waals surface area (Å²) in [7, 11) is -3.52. The molecule has 90 valence electrons. The second kappa shape index (κ2) is 4.68. The van der Waals surface area contributed by atoms with E-state index in [1.54, 1.807) is 18.2 Å². The van der Waals surface area contributed by atoms with Gasteiger partial charge in [0.25, 0.3) is 10.0 Å². The average Bonchev–Trinajstić information content (AvgIpc) is 2.69. The van der Waals surface area contributed by atoms with Crippen LogP contribution in [-0.2, 0) is 10.0 Å². The monoisotopic (exact) mass is 287 g/mol. The zero-order valence-electron chi connectivity index (χ0n) is 8.98. The normalized spacial score (nSPS) is 11.4. The SMILES string of the molecule is Cc1ccc(NS(=O)(=O)c2ccc(Cl)s2)cc1. The summed E-state index contributed by atoms with van der Waals surface area (Å²) in [5.74, 6) is 0. The minimum absolute atomic E-state index is 0.211. The number of sulfonamides is 1. The van der Waals surface area contributed by atoms with Crippen molar-refractivity contribution in [3.8, 4) is 0 Å². The lowest BCUT2D eigenvalue weighted by Crippen LogP contribution is -2.11. The van der Waals surface area contributed by atoms with Crippen LogP contribution < -0.4 is 4.72 Å². The molecule has 0 atom stereocenters. The molecular weight excluding hydrogens is 278 g/mol. The van der Waals surface area contributed by atoms with Crippen LogP contribution in [0.3, 0.4) is 0 Å². The van der Waals surface area contributed by atoms with Crippen molar-refractivity contribution < 1.29 is 8.42 Å². The van der Waals surface area contributed by atoms with Gasteiger partial charge < -0.3 is 0 Å². The van der Waals surface area contributed by atoms with Gasteiger partial charge in [0.05, 0.1) is 4.34 Å². The molecule has 0 aliphatic rings. The highest BCUT2D eigenvalue weighted by molar-refractivity contribution is 7.94. The van der Waals surface area contributed by atoms with Crippen LogP contribution in [0, 0.1) is 6.92 Å². The van der Waals surface area contributed by atoms with Gasteiger partial charge in [0, 0.05) is 5.69 Å². The first kappa shape index (κ1) is 12.4. The minimum atomic E-state index is -3.52. The summed E-state index contributed by atoms with van der Waals surface area (Å²) in [5, 5.41) is 0. The summed E-state index contributed by atoms with van der Waals surface area (Å²) in [6.07, 6.45) is 0. The van der Waals surface area contributed by atoms with Crippen molar-refractivity contribution in [2.45, 2.75) is 11.1 Å². The van der Waals surface area contributed by atoms with Crippen LogP contribution in [-0.4, -0.2) is 8.42 Å². The predicted octanol–water partition coefficient (Wildman–Crippen LogP) is 3.51. The number of aryl methyl sites for hydroxylation is 1. The van der Waals surface area contributed by atoms with Gasteiger partial charge in [-0.15, -0.1) is 11.3 Å². The largest absolute Gasteiger partial charge is 0.279 e. The van der Waals surface area contributed by atoms with E-state index in [0.717, 1.165) is 16.9 Å². The molecule has 0 fully saturated rings. The summed E-state index contributed by atoms with van der Waals surface area (Å²) in [4.78, 5) is 0. The van der Waals surface area contributed by atoms with Crippen molar-refractivity contribution in [2.24, 2.45) is 0 Å². The number of hydrogen-bond acceptors (Lipinski definition) is 3. The van der Waals surface area contributed by atoms with Gasteiger partial charge in [-0.25, -0.2) is 8.42 Å². The van der Waals surface area contributed by atoms with Gasteiger partial charge in [-0.2, -0.15) is 0 Å². The minimum Gasteiger partial charge on any atom is -0.279 e. The Bertz CT molecular complexity index is 617. The maximum absolute atomic E-state index is 11.9. The molecule has 0 bridgehead atoms. The van der Waals surface area contributed by atoms with E-state index >= 15 is 0 Å². The lowest BCUT2D eigenvalue weighted by atomic mass is 10.2. The quantitative estimate of drug-likeness (QED) is 0.939. The van der Waals surface area contributed by atoms with E-state index in [-0.39, 0.29) is 4.21 Å². The molecule has 1 N–H and O–H groups in total. The third kappa shape index (κ3) is 3.00. The van der Waals surface area contributed by atoms with Crippen molar-refractivity contribution in [1.29, 1.82) is 0 Å². The Labute approximate surface area is 109 Å². The predicted molar refractivity (Wildman–Crippen MR) is 71.3 cm³/mol. The van der Waals surface area contributed by atoms with Crippen molar-refractivity contribution in [3.05, 3.63) is 46.3 Å². The zero-order chi connectivity index (χ0) is 12.5. The Morgan fingerprint density at radius 2 is 1.76 bits per heavy atom. The summed E-state index contributed by atoms with van der Waals surface area (Å²) in [6, 6.07) is 10.2. The molecule has 0 aliphatic heterocycles. The second-order valence-corrected chi connectivity index (χ2v) is 7.15. The van der Waals surface area contributed by atoms with Crippen molar-refractivity contribution >= 4 is 38.6 Å². The fourth-order valence-electron chi connectivity index (χ4n) is 1.27. The van der Waals surface area contributed by atoms with Crippen molar-refractivity contribution in [2.75, 3.05) is 4.72 Å². The third-order valence-electron chi connectivity index (χ3n) is 2.12. The highest BCUT2D eigenvalue weighted by atomic mass is 35.5. The van der Waals surface area contributed by atoms with Crippen molar-refractivity contribution in [3.63, 3.8) is 0 Å². The second-order valence-electron chi connectivity index (χ2n) is 3.53. The standard InChI is InChI=1S/C11H10ClNO2S2/c1-8-2-4-9(5-3-8)13-17(14,15)11-7-6-10(12)16-11/h2-7,13H,1H3. The fraction of sp³-hybridized carbons (Fsp3) is 0.0909. The van der Waals surface area contributed by atoms with E-state index in [9.17, 15) is 8.42 Å². The van der Waals surface area contributed by atoms with Crippen molar-refractivity contribution in [1.82, 2.24) is 0 Å². The number of rotatable bonds is 3. The van der Waals surface area contributed by atoms with Crippen LogP contribution in [0.2, 0.25) is 4.34 Å². The van der Waals surface area contributed by atoms with Gasteiger partial charge in [-0.3, -0.25) is 4.72 Å². The summed E-state index contributed by atoms with van der Waals surface area (Å²) in [6.45, 7) is 1.94. The van der Waals surface area contributed by atoms with Gasteiger partial charge in [0.2, 0.25) is 0 Å². The Hall–Kier alpha value is -1.04. The molecule has 0 radical (unpaired) electrons. The van der Waals surface area contributed by atoms with E-state index < -0.39 is 10.0 Å². The number of anilines is 1. The van der Waals surface area contributed by atoms with Gasteiger partial charge in [0.15, 0.2) is 0 Å².